The summed E-state index contributed by atoms with van der Waals surface area (Å²) in [6.07, 6.45) is 1.11. The maximum atomic E-state index is 5.38. The van der Waals surface area contributed by atoms with Crippen molar-refractivity contribution in [2.45, 2.75) is 24.3 Å². The molecule has 0 amide bonds. The molecular weight excluding hydrogens is 730 g/mol. The maximum absolute atomic E-state index is 5.38. The van der Waals surface area contributed by atoms with Crippen LogP contribution in [0.5, 0.6) is 0 Å². The van der Waals surface area contributed by atoms with Crippen LogP contribution in [0, 0.1) is 38.5 Å². The largest absolute Gasteiger partial charge is 0.654 e. The number of nitrogens with one attached hydrogen (secondary N) is 1. The van der Waals surface area contributed by atoms with E-state index in [0.717, 1.165) is 19.5 Å². The van der Waals surface area contributed by atoms with Gasteiger partial charge >= 0.3 is 0 Å². The molecule has 0 aromatic carbocycles. The maximum Gasteiger partial charge on any atom is 0.165 e. The van der Waals surface area contributed by atoms with Gasteiger partial charge in [0.15, 0.2) is 5.79 Å². The van der Waals surface area contributed by atoms with E-state index in [4.69, 9.17) is 9.47 Å². The quantitative estimate of drug-likeness (QED) is 0.332. The average Bonchev–Trinajstić information content (AvgIpc) is 2.64. The van der Waals surface area contributed by atoms with E-state index in [1.54, 1.807) is 14.2 Å². The Balaban J connectivity index is -0.000000169. The molecule has 2 fully saturated rings. The fraction of sp³-hybridized carbons (Fsp3) is 0.889. The number of hydrogen-bond acceptors (Lipinski definition) is 3. The molecule has 0 aliphatic carbocycles. The summed E-state index contributed by atoms with van der Waals surface area (Å²) in [6, 6.07) is 0.650. The van der Waals surface area contributed by atoms with Gasteiger partial charge in [0.25, 0.3) is 0 Å². The van der Waals surface area contributed by atoms with Gasteiger partial charge in [-0.1, -0.05) is 12.5 Å². The van der Waals surface area contributed by atoms with E-state index in [1.165, 1.54) is 0 Å². The number of ether oxygens (including phenoxy) is 2. The van der Waals surface area contributed by atoms with Gasteiger partial charge in [0.05, 0.1) is 0 Å². The van der Waals surface area contributed by atoms with Gasteiger partial charge in [0.1, 0.15) is 0 Å². The molecule has 0 spiro atoms. The molecule has 4 nitrogen and oxygen atoms in total. The van der Waals surface area contributed by atoms with Crippen LogP contribution in [0.4, 0.5) is 0 Å². The van der Waals surface area contributed by atoms with E-state index in [1.807, 2.05) is 0 Å². The Morgan fingerprint density at radius 2 is 1.82 bits per heavy atom. The third kappa shape index (κ3) is 5.88. The van der Waals surface area contributed by atoms with Crippen molar-refractivity contribution in [3.63, 3.8) is 0 Å². The second-order valence-electron chi connectivity index (χ2n) is 3.35. The fourth-order valence-corrected chi connectivity index (χ4v) is 2.14. The monoisotopic (exact) mass is 748 g/mol. The molecule has 2 rings (SSSR count). The number of fused-ring (bicyclic) bond motifs is 1. The van der Waals surface area contributed by atoms with E-state index in [0.29, 0.717) is 6.04 Å². The zero-order valence-corrected chi connectivity index (χ0v) is 21.8. The van der Waals surface area contributed by atoms with Gasteiger partial charge in [-0.3, -0.25) is 0 Å². The predicted molar refractivity (Wildman–Crippen MR) is 51.6 cm³/mol. The summed E-state index contributed by atoms with van der Waals surface area (Å²) < 4.78 is 10.8. The van der Waals surface area contributed by atoms with Crippen LogP contribution in [0.1, 0.15) is 6.42 Å². The molecule has 96 valence electrons. The summed E-state index contributed by atoms with van der Waals surface area (Å²) in [6.45, 7) is 1.68. The summed E-state index contributed by atoms with van der Waals surface area (Å²) in [4.78, 5) is 0. The third-order valence-corrected chi connectivity index (χ3v) is 2.90. The molecule has 0 bridgehead atoms. The number of rotatable bonds is 2. The Morgan fingerprint density at radius 1 is 1.29 bits per heavy atom. The van der Waals surface area contributed by atoms with Crippen molar-refractivity contribution in [3.05, 3.63) is 12.7 Å². The molecule has 0 aromatic rings. The molecule has 17 heavy (non-hydrogen) atoms. The molecule has 1 N–H and O–H groups in total. The van der Waals surface area contributed by atoms with E-state index in [2.05, 4.69) is 10.6 Å². The first-order valence-electron chi connectivity index (χ1n) is 4.33. The minimum atomic E-state index is -0.499. The molecule has 2 atom stereocenters. The summed E-state index contributed by atoms with van der Waals surface area (Å²) in [5.41, 5.74) is 0. The minimum Gasteiger partial charge on any atom is -0.654 e. The molecule has 2 aliphatic heterocycles. The minimum absolute atomic E-state index is 0. The number of hydrogen-bond donors (Lipinski definition) is 1. The SMILES string of the molecule is COC1(OC)CNC2CC[N-]C21.[CH3-].[U].[V].[W].[Y]. The molecular formula is C9H18N2O2UVWY-2. The van der Waals surface area contributed by atoms with Gasteiger partial charge in [-0.15, -0.1) is 6.54 Å². The van der Waals surface area contributed by atoms with Crippen LogP contribution in [0.3, 0.4) is 0 Å². The van der Waals surface area contributed by atoms with Crippen LogP contribution in [0.25, 0.3) is 5.32 Å². The molecule has 2 radical (unpaired) electrons. The van der Waals surface area contributed by atoms with Crippen molar-refractivity contribution in [3.8, 4) is 0 Å². The number of nitrogens with zero attached hydrogens (tertiary/aromatic N) is 1. The van der Waals surface area contributed by atoms with Crippen molar-refractivity contribution in [2.75, 3.05) is 27.3 Å². The summed E-state index contributed by atoms with van der Waals surface area (Å²) in [5.74, 6) is -0.499. The first-order valence-corrected chi connectivity index (χ1v) is 4.33. The Hall–Kier alpha value is 3.27. The van der Waals surface area contributed by atoms with Gasteiger partial charge in [-0.2, -0.15) is 0 Å². The Morgan fingerprint density at radius 3 is 2.29 bits per heavy atom. The normalized spacial score (nSPS) is 27.2. The van der Waals surface area contributed by atoms with Crippen LogP contribution < -0.4 is 5.32 Å². The summed E-state index contributed by atoms with van der Waals surface area (Å²) >= 11 is 0. The summed E-state index contributed by atoms with van der Waals surface area (Å²) in [5, 5.41) is 7.85. The second kappa shape index (κ2) is 13.0. The third-order valence-electron chi connectivity index (χ3n) is 2.90. The first-order chi connectivity index (χ1) is 5.82. The fourth-order valence-electron chi connectivity index (χ4n) is 2.14. The zero-order chi connectivity index (χ0) is 8.60. The van der Waals surface area contributed by atoms with Crippen LogP contribution >= 0.6 is 0 Å². The van der Waals surface area contributed by atoms with Crippen molar-refractivity contribution in [2.24, 2.45) is 0 Å². The van der Waals surface area contributed by atoms with Gasteiger partial charge < -0.3 is 27.5 Å². The van der Waals surface area contributed by atoms with Gasteiger partial charge in [0, 0.05) is 124 Å². The van der Waals surface area contributed by atoms with Crippen LogP contribution in [0.2, 0.25) is 0 Å². The molecule has 0 aromatic heterocycles. The van der Waals surface area contributed by atoms with E-state index < -0.39 is 5.79 Å². The Labute approximate surface area is 180 Å². The molecule has 2 heterocycles. The average molecular weight is 748 g/mol. The number of methoxy groups -OCH3 is 2. The van der Waals surface area contributed by atoms with E-state index in [-0.39, 0.29) is 117 Å². The topological polar surface area (TPSA) is 44.6 Å². The molecule has 2 saturated heterocycles. The zero-order valence-electron chi connectivity index (χ0n) is 10.5. The van der Waals surface area contributed by atoms with Crippen LogP contribution in [-0.4, -0.2) is 45.2 Å². The molecule has 2 aliphatic rings. The predicted octanol–water partition coefficient (Wildman–Crippen LogP) is 0.536. The standard InChI is InChI=1S/C8H15N2O2.CH3.U.V.W.Y/c1-11-8(12-2)5-10-6-3-4-9-7(6)8;;;;;/h6-7,10H,3-5H2,1-2H3;1H3;;;;/q2*-1;;;;. The van der Waals surface area contributed by atoms with Crippen molar-refractivity contribution < 1.29 is 113 Å². The van der Waals surface area contributed by atoms with Gasteiger partial charge in [-0.25, -0.2) is 0 Å². The van der Waals surface area contributed by atoms with Crippen LogP contribution in [0.15, 0.2) is 0 Å². The molecule has 8 heteroatoms. The van der Waals surface area contributed by atoms with Crippen molar-refractivity contribution in [1.29, 1.82) is 0 Å². The van der Waals surface area contributed by atoms with Gasteiger partial charge in [-0.05, 0) is 6.04 Å². The molecule has 2 unspecified atom stereocenters. The van der Waals surface area contributed by atoms with Crippen molar-refractivity contribution in [1.82, 2.24) is 5.32 Å². The Bertz CT molecular complexity index is 192. The van der Waals surface area contributed by atoms with Gasteiger partial charge in [0.2, 0.25) is 0 Å². The molecule has 0 saturated carbocycles. The smallest absolute Gasteiger partial charge is 0.165 e. The van der Waals surface area contributed by atoms with Crippen LogP contribution in [-0.2, 0) is 81.8 Å². The van der Waals surface area contributed by atoms with E-state index >= 15 is 0 Å². The second-order valence-corrected chi connectivity index (χ2v) is 3.35. The van der Waals surface area contributed by atoms with E-state index in [9.17, 15) is 0 Å². The first kappa shape index (κ1) is 28.4. The summed E-state index contributed by atoms with van der Waals surface area (Å²) in [7, 11) is 3.36. The Kier molecular flexibility index (Phi) is 21.7. The van der Waals surface area contributed by atoms with Crippen molar-refractivity contribution >= 4 is 0 Å².